The van der Waals surface area contributed by atoms with Crippen molar-refractivity contribution in [2.45, 2.75) is 43.9 Å². The average molecular weight is 378 g/mol. The van der Waals surface area contributed by atoms with Crippen molar-refractivity contribution >= 4 is 30.2 Å². The number of halogens is 3. The number of hydrogen-bond acceptors (Lipinski definition) is 3. The second-order valence-electron chi connectivity index (χ2n) is 4.29. The second kappa shape index (κ2) is 4.54. The van der Waals surface area contributed by atoms with Crippen LogP contribution < -0.4 is 0 Å². The summed E-state index contributed by atoms with van der Waals surface area (Å²) in [5.41, 5.74) is -4.32. The van der Waals surface area contributed by atoms with Gasteiger partial charge in [0.2, 0.25) is 0 Å². The molecule has 3 nitrogen and oxygen atoms in total. The summed E-state index contributed by atoms with van der Waals surface area (Å²) in [5.74, 6) is 0. The molecule has 1 saturated carbocycles. The van der Waals surface area contributed by atoms with Gasteiger partial charge in [0, 0.05) is 9.66 Å². The molecule has 2 rings (SSSR count). The van der Waals surface area contributed by atoms with E-state index in [1.54, 1.807) is 0 Å². The predicted molar refractivity (Wildman–Crippen MR) is 68.6 cm³/mol. The quantitative estimate of drug-likeness (QED) is 0.526. The Morgan fingerprint density at radius 2 is 2.12 bits per heavy atom. The fourth-order valence-electron chi connectivity index (χ4n) is 2.26. The molecule has 1 spiro atoms. The van der Waals surface area contributed by atoms with Gasteiger partial charge in [-0.1, -0.05) is 12.8 Å². The van der Waals surface area contributed by atoms with Gasteiger partial charge in [0.05, 0.1) is 6.61 Å². The first-order valence-corrected chi connectivity index (χ1v) is 8.19. The maximum Gasteiger partial charge on any atom is 0.404 e. The van der Waals surface area contributed by atoms with Gasteiger partial charge in [0.15, 0.2) is 0 Å². The number of hydrogen-bond donors (Lipinski definition) is 0. The summed E-state index contributed by atoms with van der Waals surface area (Å²) in [6, 6.07) is 0. The van der Waals surface area contributed by atoms with Gasteiger partial charge < -0.3 is 4.52 Å². The minimum atomic E-state index is -4.38. The molecule has 1 aliphatic carbocycles. The number of allylic oxidation sites excluding steroid dienone is 1. The summed E-state index contributed by atoms with van der Waals surface area (Å²) >= 11 is 1.86. The van der Waals surface area contributed by atoms with Crippen LogP contribution >= 0.6 is 30.2 Å². The lowest BCUT2D eigenvalue weighted by Gasteiger charge is -2.39. The first kappa shape index (κ1) is 13.9. The Labute approximate surface area is 113 Å². The van der Waals surface area contributed by atoms with Crippen LogP contribution in [0.25, 0.3) is 0 Å². The molecule has 98 valence electrons. The van der Waals surface area contributed by atoms with Crippen molar-refractivity contribution in [3.8, 4) is 0 Å². The largest absolute Gasteiger partial charge is 0.404 e. The minimum absolute atomic E-state index is 0.0482. The maximum absolute atomic E-state index is 13.7. The molecule has 1 heterocycles. The lowest BCUT2D eigenvalue weighted by Crippen LogP contribution is -2.37. The Balaban J connectivity index is 2.42. The molecule has 0 aromatic rings. The fourth-order valence-corrected chi connectivity index (χ4v) is 5.43. The van der Waals surface area contributed by atoms with Crippen LogP contribution in [0, 0.1) is 0 Å². The van der Waals surface area contributed by atoms with Crippen molar-refractivity contribution in [2.24, 2.45) is 0 Å². The molecule has 0 saturated heterocycles. The molecule has 1 unspecified atom stereocenters. The standard InChI is InChI=1S/C10H14F2IO3P/c1-2-15-17(14)10(11,12)7-8(13)9(16-17)5-3-4-6-9/h7H,2-6H2,1H3. The van der Waals surface area contributed by atoms with E-state index in [0.717, 1.165) is 18.9 Å². The van der Waals surface area contributed by atoms with Crippen LogP contribution in [0.3, 0.4) is 0 Å². The van der Waals surface area contributed by atoms with E-state index in [-0.39, 0.29) is 6.61 Å². The molecule has 2 aliphatic rings. The van der Waals surface area contributed by atoms with Crippen LogP contribution in [0.4, 0.5) is 8.78 Å². The van der Waals surface area contributed by atoms with Gasteiger partial charge >= 0.3 is 13.3 Å². The zero-order valence-corrected chi connectivity index (χ0v) is 12.5. The van der Waals surface area contributed by atoms with Gasteiger partial charge in [-0.15, -0.1) is 0 Å². The Kier molecular flexibility index (Phi) is 3.72. The lowest BCUT2D eigenvalue weighted by atomic mass is 10.0. The molecule has 1 atom stereocenters. The normalized spacial score (nSPS) is 34.9. The Morgan fingerprint density at radius 3 is 2.65 bits per heavy atom. The van der Waals surface area contributed by atoms with Gasteiger partial charge in [-0.25, -0.2) is 0 Å². The van der Waals surface area contributed by atoms with Gasteiger partial charge in [-0.3, -0.25) is 9.09 Å². The van der Waals surface area contributed by atoms with Crippen LogP contribution in [0.5, 0.6) is 0 Å². The molecule has 7 heteroatoms. The van der Waals surface area contributed by atoms with Crippen molar-refractivity contribution in [1.82, 2.24) is 0 Å². The third kappa shape index (κ3) is 2.22. The van der Waals surface area contributed by atoms with Gasteiger partial charge in [-0.05, 0) is 42.4 Å². The third-order valence-electron chi connectivity index (χ3n) is 3.11. The van der Waals surface area contributed by atoms with E-state index in [0.29, 0.717) is 16.4 Å². The summed E-state index contributed by atoms with van der Waals surface area (Å²) in [4.78, 5) is 0. The van der Waals surface area contributed by atoms with E-state index in [1.807, 2.05) is 22.6 Å². The lowest BCUT2D eigenvalue weighted by molar-refractivity contribution is 0.0176. The summed E-state index contributed by atoms with van der Waals surface area (Å²) in [6.07, 6.45) is 3.83. The highest BCUT2D eigenvalue weighted by molar-refractivity contribution is 14.1. The number of rotatable bonds is 2. The Bertz CT molecular complexity index is 391. The maximum atomic E-state index is 13.7. The van der Waals surface area contributed by atoms with Crippen LogP contribution in [0.2, 0.25) is 0 Å². The van der Waals surface area contributed by atoms with E-state index in [9.17, 15) is 13.3 Å². The summed E-state index contributed by atoms with van der Waals surface area (Å²) in [7, 11) is -4.38. The van der Waals surface area contributed by atoms with Crippen LogP contribution in [0.1, 0.15) is 32.6 Å². The highest BCUT2D eigenvalue weighted by Gasteiger charge is 2.61. The molecular weight excluding hydrogens is 364 g/mol. The summed E-state index contributed by atoms with van der Waals surface area (Å²) < 4.78 is 50.1. The molecule has 0 radical (unpaired) electrons. The van der Waals surface area contributed by atoms with E-state index in [1.165, 1.54) is 6.92 Å². The predicted octanol–water partition coefficient (Wildman–Crippen LogP) is 4.47. The van der Waals surface area contributed by atoms with E-state index >= 15 is 0 Å². The zero-order chi connectivity index (χ0) is 12.7. The van der Waals surface area contributed by atoms with Gasteiger partial charge in [0.25, 0.3) is 0 Å². The van der Waals surface area contributed by atoms with Crippen molar-refractivity contribution < 1.29 is 22.4 Å². The fraction of sp³-hybridized carbons (Fsp3) is 0.800. The van der Waals surface area contributed by atoms with Crippen molar-refractivity contribution in [2.75, 3.05) is 6.61 Å². The molecule has 0 aromatic carbocycles. The highest BCUT2D eigenvalue weighted by atomic mass is 127. The second-order valence-corrected chi connectivity index (χ2v) is 7.48. The molecule has 0 bridgehead atoms. The summed E-state index contributed by atoms with van der Waals surface area (Å²) in [6.45, 7) is 1.48. The SMILES string of the molecule is CCOP1(=O)OC2(CCCC2)C(I)=CC1(F)F. The molecule has 0 aromatic heterocycles. The molecule has 1 fully saturated rings. The molecule has 0 amide bonds. The van der Waals surface area contributed by atoms with E-state index < -0.39 is 18.9 Å². The van der Waals surface area contributed by atoms with Crippen molar-refractivity contribution in [1.29, 1.82) is 0 Å². The van der Waals surface area contributed by atoms with Gasteiger partial charge in [-0.2, -0.15) is 8.78 Å². The van der Waals surface area contributed by atoms with Crippen molar-refractivity contribution in [3.05, 3.63) is 9.66 Å². The van der Waals surface area contributed by atoms with Gasteiger partial charge in [0.1, 0.15) is 5.60 Å². The topological polar surface area (TPSA) is 35.5 Å². The highest BCUT2D eigenvalue weighted by Crippen LogP contribution is 2.70. The zero-order valence-electron chi connectivity index (χ0n) is 9.42. The summed E-state index contributed by atoms with van der Waals surface area (Å²) in [5, 5.41) is 0. The third-order valence-corrected chi connectivity index (χ3v) is 6.45. The molecule has 1 aliphatic heterocycles. The van der Waals surface area contributed by atoms with Crippen molar-refractivity contribution in [3.63, 3.8) is 0 Å². The molecule has 0 N–H and O–H groups in total. The Hall–Kier alpha value is 0.480. The van der Waals surface area contributed by atoms with Crippen LogP contribution in [-0.2, 0) is 13.6 Å². The molecular formula is C10H14F2IO3P. The monoisotopic (exact) mass is 378 g/mol. The first-order valence-electron chi connectivity index (χ1n) is 5.57. The average Bonchev–Trinajstić information content (AvgIpc) is 2.65. The first-order chi connectivity index (χ1) is 7.85. The van der Waals surface area contributed by atoms with E-state index in [4.69, 9.17) is 9.05 Å². The minimum Gasteiger partial charge on any atom is -0.304 e. The smallest absolute Gasteiger partial charge is 0.304 e. The number of alkyl halides is 2. The van der Waals surface area contributed by atoms with Crippen LogP contribution in [0.15, 0.2) is 9.66 Å². The van der Waals surface area contributed by atoms with E-state index in [2.05, 4.69) is 0 Å². The Morgan fingerprint density at radius 1 is 1.53 bits per heavy atom. The molecule has 17 heavy (non-hydrogen) atoms. The van der Waals surface area contributed by atoms with Crippen LogP contribution in [-0.4, -0.2) is 17.9 Å².